The van der Waals surface area contributed by atoms with Crippen LogP contribution < -0.4 is 0 Å². The third kappa shape index (κ3) is 1.57. The average Bonchev–Trinajstić information content (AvgIpc) is 2.93. The van der Waals surface area contributed by atoms with E-state index in [0.29, 0.717) is 12.1 Å². The van der Waals surface area contributed by atoms with Crippen LogP contribution in [0.2, 0.25) is 0 Å². The predicted octanol–water partition coefficient (Wildman–Crippen LogP) is 1.48. The van der Waals surface area contributed by atoms with Gasteiger partial charge in [-0.3, -0.25) is 0 Å². The van der Waals surface area contributed by atoms with Gasteiger partial charge in [-0.1, -0.05) is 11.3 Å². The van der Waals surface area contributed by atoms with Gasteiger partial charge in [0.2, 0.25) is 0 Å². The largest absolute Gasteiger partial charge is 0.478 e. The molecule has 1 aromatic heterocycles. The van der Waals surface area contributed by atoms with E-state index in [-0.39, 0.29) is 17.7 Å². The molecule has 94 valence electrons. The Bertz CT molecular complexity index is 608. The molecule has 1 aliphatic rings. The highest BCUT2D eigenvalue weighted by Crippen LogP contribution is 2.28. The Balaban J connectivity index is 2.15. The highest BCUT2D eigenvalue weighted by molar-refractivity contribution is 6.00. The van der Waals surface area contributed by atoms with Gasteiger partial charge >= 0.3 is 5.97 Å². The number of fused-ring (bicyclic) bond motifs is 1. The zero-order chi connectivity index (χ0) is 12.7. The van der Waals surface area contributed by atoms with Gasteiger partial charge in [-0.2, -0.15) is 0 Å². The number of carbonyl (C=O) groups is 1. The van der Waals surface area contributed by atoms with Crippen LogP contribution in [-0.2, 0) is 4.74 Å². The first-order chi connectivity index (χ1) is 8.68. The zero-order valence-corrected chi connectivity index (χ0v) is 9.91. The van der Waals surface area contributed by atoms with Crippen LogP contribution in [0.1, 0.15) is 29.7 Å². The Morgan fingerprint density at radius 2 is 2.39 bits per heavy atom. The summed E-state index contributed by atoms with van der Waals surface area (Å²) < 4.78 is 7.29. The van der Waals surface area contributed by atoms with Crippen LogP contribution in [0.5, 0.6) is 0 Å². The molecule has 18 heavy (non-hydrogen) atoms. The molecule has 2 atom stereocenters. The summed E-state index contributed by atoms with van der Waals surface area (Å²) in [5.41, 5.74) is 1.37. The Morgan fingerprint density at radius 1 is 1.56 bits per heavy atom. The first-order valence-corrected chi connectivity index (χ1v) is 5.87. The Labute approximate surface area is 103 Å². The summed E-state index contributed by atoms with van der Waals surface area (Å²) in [6.45, 7) is 2.69. The standard InChI is InChI=1S/C12H13N3O3/c1-7-9(5-6-18-7)15-10-4-2-3-8(12(16)17)11(10)13-14-15/h2-4,7,9H,5-6H2,1H3,(H,16,17). The van der Waals surface area contributed by atoms with Gasteiger partial charge in [0.15, 0.2) is 0 Å². The van der Waals surface area contributed by atoms with Crippen molar-refractivity contribution in [3.05, 3.63) is 23.8 Å². The van der Waals surface area contributed by atoms with Crippen molar-refractivity contribution >= 4 is 17.0 Å². The van der Waals surface area contributed by atoms with E-state index in [1.165, 1.54) is 6.07 Å². The van der Waals surface area contributed by atoms with Gasteiger partial charge in [-0.25, -0.2) is 9.48 Å². The quantitative estimate of drug-likeness (QED) is 0.869. The van der Waals surface area contributed by atoms with Crippen molar-refractivity contribution < 1.29 is 14.6 Å². The summed E-state index contributed by atoms with van der Waals surface area (Å²) in [7, 11) is 0. The van der Waals surface area contributed by atoms with Gasteiger partial charge in [0.1, 0.15) is 5.52 Å². The van der Waals surface area contributed by atoms with E-state index < -0.39 is 5.97 Å². The first kappa shape index (κ1) is 11.2. The third-order valence-corrected chi connectivity index (χ3v) is 3.38. The highest BCUT2D eigenvalue weighted by Gasteiger charge is 2.28. The minimum Gasteiger partial charge on any atom is -0.478 e. The molecule has 1 fully saturated rings. The molecule has 0 amide bonds. The van der Waals surface area contributed by atoms with Crippen molar-refractivity contribution in [2.75, 3.05) is 6.61 Å². The molecule has 3 rings (SSSR count). The van der Waals surface area contributed by atoms with Crippen LogP contribution in [-0.4, -0.2) is 38.8 Å². The van der Waals surface area contributed by atoms with Crippen molar-refractivity contribution in [2.24, 2.45) is 0 Å². The summed E-state index contributed by atoms with van der Waals surface area (Å²) in [5.74, 6) is -0.983. The monoisotopic (exact) mass is 247 g/mol. The van der Waals surface area contributed by atoms with E-state index in [2.05, 4.69) is 10.3 Å². The van der Waals surface area contributed by atoms with Gasteiger partial charge in [0.25, 0.3) is 0 Å². The molecule has 1 aliphatic heterocycles. The van der Waals surface area contributed by atoms with Crippen LogP contribution in [0, 0.1) is 0 Å². The molecule has 6 nitrogen and oxygen atoms in total. The topological polar surface area (TPSA) is 77.2 Å². The number of hydrogen-bond donors (Lipinski definition) is 1. The van der Waals surface area contributed by atoms with Crippen LogP contribution in [0.25, 0.3) is 11.0 Å². The summed E-state index contributed by atoms with van der Waals surface area (Å²) in [6.07, 6.45) is 0.945. The highest BCUT2D eigenvalue weighted by atomic mass is 16.5. The second-order valence-electron chi connectivity index (χ2n) is 4.44. The van der Waals surface area contributed by atoms with Crippen molar-refractivity contribution in [2.45, 2.75) is 25.5 Å². The van der Waals surface area contributed by atoms with Crippen molar-refractivity contribution in [1.29, 1.82) is 0 Å². The molecule has 0 aliphatic carbocycles. The number of hydrogen-bond acceptors (Lipinski definition) is 4. The molecule has 6 heteroatoms. The zero-order valence-electron chi connectivity index (χ0n) is 9.91. The molecule has 0 radical (unpaired) electrons. The molecule has 2 heterocycles. The number of nitrogens with zero attached hydrogens (tertiary/aromatic N) is 3. The number of ether oxygens (including phenoxy) is 1. The Morgan fingerprint density at radius 3 is 3.06 bits per heavy atom. The molecule has 2 unspecified atom stereocenters. The second-order valence-corrected chi connectivity index (χ2v) is 4.44. The molecular weight excluding hydrogens is 234 g/mol. The third-order valence-electron chi connectivity index (χ3n) is 3.38. The average molecular weight is 247 g/mol. The van der Waals surface area contributed by atoms with Crippen molar-refractivity contribution in [3.8, 4) is 0 Å². The summed E-state index contributed by atoms with van der Waals surface area (Å²) in [4.78, 5) is 11.1. The molecule has 0 bridgehead atoms. The maximum atomic E-state index is 11.1. The number of aromatic carboxylic acids is 1. The van der Waals surface area contributed by atoms with Crippen LogP contribution in [0.15, 0.2) is 18.2 Å². The van der Waals surface area contributed by atoms with E-state index in [1.807, 2.05) is 13.0 Å². The summed E-state index contributed by atoms with van der Waals surface area (Å²) in [5, 5.41) is 17.2. The predicted molar refractivity (Wildman–Crippen MR) is 63.6 cm³/mol. The smallest absolute Gasteiger partial charge is 0.338 e. The molecule has 1 aromatic carbocycles. The van der Waals surface area contributed by atoms with E-state index in [4.69, 9.17) is 9.84 Å². The van der Waals surface area contributed by atoms with Gasteiger partial charge < -0.3 is 9.84 Å². The van der Waals surface area contributed by atoms with E-state index in [0.717, 1.165) is 11.9 Å². The Hall–Kier alpha value is -1.95. The number of carboxylic acids is 1. The maximum absolute atomic E-state index is 11.1. The molecule has 0 saturated carbocycles. The van der Waals surface area contributed by atoms with Gasteiger partial charge in [0, 0.05) is 6.61 Å². The van der Waals surface area contributed by atoms with E-state index in [1.54, 1.807) is 10.7 Å². The number of carboxylic acid groups (broad SMARTS) is 1. The van der Waals surface area contributed by atoms with Crippen molar-refractivity contribution in [3.63, 3.8) is 0 Å². The number of aromatic nitrogens is 3. The fourth-order valence-corrected chi connectivity index (χ4v) is 2.42. The minimum atomic E-state index is -0.983. The molecule has 1 N–H and O–H groups in total. The molecule has 1 saturated heterocycles. The van der Waals surface area contributed by atoms with E-state index in [9.17, 15) is 4.79 Å². The fraction of sp³-hybridized carbons (Fsp3) is 0.417. The number of rotatable bonds is 2. The van der Waals surface area contributed by atoms with E-state index >= 15 is 0 Å². The minimum absolute atomic E-state index is 0.0726. The van der Waals surface area contributed by atoms with Crippen LogP contribution in [0.4, 0.5) is 0 Å². The van der Waals surface area contributed by atoms with Gasteiger partial charge in [-0.05, 0) is 25.5 Å². The fourth-order valence-electron chi connectivity index (χ4n) is 2.42. The normalized spacial score (nSPS) is 23.6. The SMILES string of the molecule is CC1OCCC1n1nnc2c(C(=O)O)cccc21. The molecule has 0 spiro atoms. The first-order valence-electron chi connectivity index (χ1n) is 5.87. The lowest BCUT2D eigenvalue weighted by Crippen LogP contribution is -2.18. The van der Waals surface area contributed by atoms with Gasteiger partial charge in [0.05, 0.1) is 23.2 Å². The maximum Gasteiger partial charge on any atom is 0.338 e. The van der Waals surface area contributed by atoms with Crippen LogP contribution in [0.3, 0.4) is 0 Å². The Kier molecular flexibility index (Phi) is 2.52. The lowest BCUT2D eigenvalue weighted by molar-refractivity contribution is 0.0699. The lowest BCUT2D eigenvalue weighted by Gasteiger charge is -2.14. The number of benzene rings is 1. The summed E-state index contributed by atoms with van der Waals surface area (Å²) in [6, 6.07) is 5.22. The van der Waals surface area contributed by atoms with Crippen LogP contribution >= 0.6 is 0 Å². The summed E-state index contributed by atoms with van der Waals surface area (Å²) >= 11 is 0. The molecular formula is C12H13N3O3. The second kappa shape index (κ2) is 4.06. The van der Waals surface area contributed by atoms with Crippen molar-refractivity contribution in [1.82, 2.24) is 15.0 Å². The molecule has 2 aromatic rings. The van der Waals surface area contributed by atoms with Gasteiger partial charge in [-0.15, -0.1) is 5.10 Å². The lowest BCUT2D eigenvalue weighted by atomic mass is 10.1.